The van der Waals surface area contributed by atoms with Crippen LogP contribution in [-0.2, 0) is 30.5 Å². The fraction of sp³-hybridized carbons (Fsp3) is 0.296. The van der Waals surface area contributed by atoms with Crippen LogP contribution in [0.4, 0.5) is 4.39 Å². The molecule has 1 aliphatic carbocycles. The van der Waals surface area contributed by atoms with Gasteiger partial charge in [-0.3, -0.25) is 9.59 Å². The van der Waals surface area contributed by atoms with Gasteiger partial charge in [-0.05, 0) is 42.5 Å². The van der Waals surface area contributed by atoms with Crippen LogP contribution in [0.15, 0.2) is 77.1 Å². The lowest BCUT2D eigenvalue weighted by atomic mass is 9.69. The molecule has 2 aromatic carbocycles. The van der Waals surface area contributed by atoms with Crippen LogP contribution in [-0.4, -0.2) is 24.8 Å². The molecule has 0 bridgehead atoms. The number of ketones is 1. The highest BCUT2D eigenvalue weighted by atomic mass is 19.1. The minimum absolute atomic E-state index is 0.0496. The van der Waals surface area contributed by atoms with Crippen molar-refractivity contribution in [3.8, 4) is 0 Å². The van der Waals surface area contributed by atoms with Crippen molar-refractivity contribution in [2.45, 2.75) is 32.8 Å². The summed E-state index contributed by atoms with van der Waals surface area (Å²) in [5.74, 6) is -4.32. The summed E-state index contributed by atoms with van der Waals surface area (Å²) in [5, 5.41) is 3.19. The highest BCUT2D eigenvalue weighted by Crippen LogP contribution is 2.45. The molecule has 0 radical (unpaired) electrons. The number of rotatable bonds is 5. The molecule has 2 aliphatic rings. The third-order valence-corrected chi connectivity index (χ3v) is 6.36. The van der Waals surface area contributed by atoms with E-state index in [1.54, 1.807) is 13.0 Å². The average molecular weight is 464 g/mol. The molecule has 0 aromatic heterocycles. The van der Waals surface area contributed by atoms with Gasteiger partial charge in [0.1, 0.15) is 18.3 Å². The minimum atomic E-state index is -0.999. The van der Waals surface area contributed by atoms with Gasteiger partial charge in [0.15, 0.2) is 5.78 Å². The van der Waals surface area contributed by atoms with E-state index in [9.17, 15) is 18.8 Å². The van der Waals surface area contributed by atoms with Crippen molar-refractivity contribution >= 4 is 17.7 Å². The molecule has 1 heterocycles. The first-order valence-corrected chi connectivity index (χ1v) is 11.1. The van der Waals surface area contributed by atoms with Crippen LogP contribution >= 0.6 is 0 Å². The molecule has 34 heavy (non-hydrogen) atoms. The first kappa shape index (κ1) is 23.4. The molecule has 2 aromatic rings. The Morgan fingerprint density at radius 1 is 1.12 bits per heavy atom. The number of halogens is 1. The lowest BCUT2D eigenvalue weighted by Gasteiger charge is -2.38. The van der Waals surface area contributed by atoms with E-state index in [4.69, 9.17) is 9.47 Å². The van der Waals surface area contributed by atoms with Crippen LogP contribution in [0.25, 0.3) is 0 Å². The number of esters is 2. The minimum Gasteiger partial charge on any atom is -0.468 e. The molecule has 4 rings (SSSR count). The van der Waals surface area contributed by atoms with Crippen LogP contribution in [0.5, 0.6) is 0 Å². The molecule has 7 heteroatoms. The third-order valence-electron chi connectivity index (χ3n) is 6.36. The summed E-state index contributed by atoms with van der Waals surface area (Å²) in [7, 11) is 1.24. The van der Waals surface area contributed by atoms with Crippen molar-refractivity contribution in [2.75, 3.05) is 7.11 Å². The number of methoxy groups -OCH3 is 1. The highest BCUT2D eigenvalue weighted by molar-refractivity contribution is 6.12. The Morgan fingerprint density at radius 3 is 2.53 bits per heavy atom. The van der Waals surface area contributed by atoms with E-state index in [1.165, 1.54) is 25.3 Å². The Bertz CT molecular complexity index is 1200. The topological polar surface area (TPSA) is 81.7 Å². The Labute approximate surface area is 197 Å². The molecule has 0 spiro atoms. The maximum atomic E-state index is 14.2. The van der Waals surface area contributed by atoms with Crippen LogP contribution in [0.2, 0.25) is 0 Å². The van der Waals surface area contributed by atoms with E-state index in [0.717, 1.165) is 5.56 Å². The Morgan fingerprint density at radius 2 is 1.85 bits per heavy atom. The molecule has 1 N–H and O–H groups in total. The molecule has 6 nitrogen and oxygen atoms in total. The first-order valence-electron chi connectivity index (χ1n) is 11.1. The number of Topliss-reactive ketones (excluding diaryl/α,β-unsaturated/α-hetero) is 1. The Hall–Kier alpha value is -3.74. The van der Waals surface area contributed by atoms with Crippen molar-refractivity contribution in [3.05, 3.63) is 94.1 Å². The summed E-state index contributed by atoms with van der Waals surface area (Å²) in [6.45, 7) is 3.59. The van der Waals surface area contributed by atoms with Crippen molar-refractivity contribution in [3.63, 3.8) is 0 Å². The molecule has 176 valence electrons. The van der Waals surface area contributed by atoms with Crippen LogP contribution in [0.3, 0.4) is 0 Å². The van der Waals surface area contributed by atoms with Gasteiger partial charge in [0.25, 0.3) is 0 Å². The number of carbonyl (C=O) groups is 3. The summed E-state index contributed by atoms with van der Waals surface area (Å²) in [6, 6.07) is 15.0. The van der Waals surface area contributed by atoms with E-state index in [0.29, 0.717) is 23.4 Å². The van der Waals surface area contributed by atoms with Crippen LogP contribution in [0, 0.1) is 17.7 Å². The van der Waals surface area contributed by atoms with E-state index in [2.05, 4.69) is 5.32 Å². The quantitative estimate of drug-likeness (QED) is 0.529. The maximum absolute atomic E-state index is 14.2. The zero-order valence-corrected chi connectivity index (χ0v) is 19.3. The van der Waals surface area contributed by atoms with Crippen molar-refractivity contribution in [1.29, 1.82) is 0 Å². The molecule has 0 unspecified atom stereocenters. The number of dihydropyridines is 1. The number of allylic oxidation sites excluding steroid dienone is 3. The fourth-order valence-corrected chi connectivity index (χ4v) is 4.77. The van der Waals surface area contributed by atoms with Gasteiger partial charge < -0.3 is 14.8 Å². The van der Waals surface area contributed by atoms with Crippen molar-refractivity contribution < 1.29 is 28.2 Å². The van der Waals surface area contributed by atoms with E-state index in [-0.39, 0.29) is 23.7 Å². The second-order valence-corrected chi connectivity index (χ2v) is 8.65. The van der Waals surface area contributed by atoms with E-state index < -0.39 is 35.4 Å². The number of carbonyl (C=O) groups excluding carboxylic acids is 3. The summed E-state index contributed by atoms with van der Waals surface area (Å²) < 4.78 is 24.7. The molecule has 0 amide bonds. The van der Waals surface area contributed by atoms with Gasteiger partial charge in [-0.1, -0.05) is 49.4 Å². The van der Waals surface area contributed by atoms with E-state index in [1.807, 2.05) is 37.3 Å². The molecule has 0 saturated carbocycles. The fourth-order valence-electron chi connectivity index (χ4n) is 4.77. The Balaban J connectivity index is 1.77. The largest absolute Gasteiger partial charge is 0.468 e. The summed E-state index contributed by atoms with van der Waals surface area (Å²) in [4.78, 5) is 39.4. The normalized spacial score (nSPS) is 22.1. The predicted octanol–water partition coefficient (Wildman–Crippen LogP) is 4.18. The lowest BCUT2D eigenvalue weighted by molar-refractivity contribution is -0.151. The zero-order chi connectivity index (χ0) is 24.4. The van der Waals surface area contributed by atoms with Crippen LogP contribution < -0.4 is 5.32 Å². The summed E-state index contributed by atoms with van der Waals surface area (Å²) >= 11 is 0. The van der Waals surface area contributed by atoms with Gasteiger partial charge in [0, 0.05) is 22.9 Å². The van der Waals surface area contributed by atoms with Gasteiger partial charge in [0.05, 0.1) is 12.7 Å². The van der Waals surface area contributed by atoms with Crippen molar-refractivity contribution in [1.82, 2.24) is 5.32 Å². The zero-order valence-electron chi connectivity index (χ0n) is 19.3. The standard InChI is InChI=1S/C27H26FNO5/c1-15-12-20-24(25(30)21(15)26(31)33-3)23(18-10-7-11-19(28)13-18)22(16(2)29-20)27(32)34-14-17-8-5-4-6-9-17/h4-11,13,15,21,23,29H,12,14H2,1-3H3/t15-,21-,23+/m0/s1. The number of benzene rings is 2. The molecule has 1 aliphatic heterocycles. The number of hydrogen-bond acceptors (Lipinski definition) is 6. The molecular formula is C27H26FNO5. The number of hydrogen-bond donors (Lipinski definition) is 1. The smallest absolute Gasteiger partial charge is 0.337 e. The van der Waals surface area contributed by atoms with Gasteiger partial charge in [-0.15, -0.1) is 0 Å². The first-order chi connectivity index (χ1) is 16.3. The van der Waals surface area contributed by atoms with Crippen molar-refractivity contribution in [2.24, 2.45) is 11.8 Å². The number of nitrogens with one attached hydrogen (secondary N) is 1. The molecule has 0 saturated heterocycles. The van der Waals surface area contributed by atoms with Gasteiger partial charge in [-0.2, -0.15) is 0 Å². The summed E-state index contributed by atoms with van der Waals surface area (Å²) in [6.07, 6.45) is 0.413. The van der Waals surface area contributed by atoms with Gasteiger partial charge >= 0.3 is 11.9 Å². The lowest BCUT2D eigenvalue weighted by Crippen LogP contribution is -2.43. The SMILES string of the molecule is COC(=O)[C@@H]1C(=O)C2=C(C[C@@H]1C)NC(C)=C(C(=O)OCc1ccccc1)[C@H]2c1cccc(F)c1. The van der Waals surface area contributed by atoms with Gasteiger partial charge in [0.2, 0.25) is 0 Å². The van der Waals surface area contributed by atoms with Gasteiger partial charge in [-0.25, -0.2) is 9.18 Å². The maximum Gasteiger partial charge on any atom is 0.337 e. The number of ether oxygens (including phenoxy) is 2. The molecule has 3 atom stereocenters. The average Bonchev–Trinajstić information content (AvgIpc) is 2.82. The third kappa shape index (κ3) is 4.38. The van der Waals surface area contributed by atoms with Crippen LogP contribution in [0.1, 0.15) is 37.3 Å². The summed E-state index contributed by atoms with van der Waals surface area (Å²) in [5.41, 5.74) is 2.90. The van der Waals surface area contributed by atoms with E-state index >= 15 is 0 Å². The monoisotopic (exact) mass is 463 g/mol. The Kier molecular flexibility index (Phi) is 6.63. The molecule has 0 fully saturated rings. The second-order valence-electron chi connectivity index (χ2n) is 8.65. The predicted molar refractivity (Wildman–Crippen MR) is 123 cm³/mol. The molecular weight excluding hydrogens is 437 g/mol. The second kappa shape index (κ2) is 9.63. The highest BCUT2D eigenvalue weighted by Gasteiger charge is 2.47.